The number of halogens is 5. The Hall–Kier alpha value is -1.37. The van der Waals surface area contributed by atoms with Gasteiger partial charge in [-0.3, -0.25) is 0 Å². The van der Waals surface area contributed by atoms with E-state index in [2.05, 4.69) is 5.32 Å². The first kappa shape index (κ1) is 17.7. The zero-order valence-corrected chi connectivity index (χ0v) is 12.1. The highest BCUT2D eigenvalue weighted by molar-refractivity contribution is 5.29. The molecule has 0 aliphatic rings. The molecular weight excluding hydrogens is 293 g/mol. The number of hydrogen-bond acceptors (Lipinski definition) is 2. The molecule has 0 bridgehead atoms. The van der Waals surface area contributed by atoms with E-state index < -0.39 is 34.8 Å². The Balaban J connectivity index is 2.54. The number of hydrogen-bond donors (Lipinski definition) is 1. The Morgan fingerprint density at radius 3 is 1.76 bits per heavy atom. The van der Waals surface area contributed by atoms with Crippen LogP contribution >= 0.6 is 0 Å². The molecule has 21 heavy (non-hydrogen) atoms. The predicted molar refractivity (Wildman–Crippen MR) is 68.7 cm³/mol. The maximum Gasteiger partial charge on any atom is 0.206 e. The second-order valence-corrected chi connectivity index (χ2v) is 5.63. The fraction of sp³-hybridized carbons (Fsp3) is 0.571. The van der Waals surface area contributed by atoms with Crippen LogP contribution < -0.4 is 10.1 Å². The third kappa shape index (κ3) is 4.84. The Morgan fingerprint density at radius 1 is 0.810 bits per heavy atom. The lowest BCUT2D eigenvalue weighted by molar-refractivity contribution is 0.254. The Morgan fingerprint density at radius 2 is 1.29 bits per heavy atom. The van der Waals surface area contributed by atoms with E-state index in [0.717, 1.165) is 0 Å². The van der Waals surface area contributed by atoms with Gasteiger partial charge < -0.3 is 10.1 Å². The van der Waals surface area contributed by atoms with Crippen LogP contribution in [-0.2, 0) is 0 Å². The molecule has 0 spiro atoms. The number of ether oxygens (including phenoxy) is 1. The molecule has 2 nitrogen and oxygen atoms in total. The van der Waals surface area contributed by atoms with Crippen molar-refractivity contribution in [2.45, 2.75) is 39.2 Å². The largest absolute Gasteiger partial charge is 0.487 e. The zero-order chi connectivity index (χ0) is 16.2. The highest BCUT2D eigenvalue weighted by Gasteiger charge is 2.26. The van der Waals surface area contributed by atoms with Crippen LogP contribution in [-0.4, -0.2) is 18.7 Å². The van der Waals surface area contributed by atoms with Gasteiger partial charge in [0, 0.05) is 5.54 Å². The average molecular weight is 311 g/mol. The summed E-state index contributed by atoms with van der Waals surface area (Å²) in [6.07, 6.45) is 1.06. The molecule has 0 aliphatic heterocycles. The van der Waals surface area contributed by atoms with E-state index in [0.29, 0.717) is 19.4 Å². The summed E-state index contributed by atoms with van der Waals surface area (Å²) in [5.41, 5.74) is -0.0533. The summed E-state index contributed by atoms with van der Waals surface area (Å²) in [4.78, 5) is 0. The van der Waals surface area contributed by atoms with Crippen molar-refractivity contribution in [3.8, 4) is 5.75 Å². The molecule has 0 atom stereocenters. The van der Waals surface area contributed by atoms with Crippen molar-refractivity contribution in [3.05, 3.63) is 29.1 Å². The summed E-state index contributed by atoms with van der Waals surface area (Å²) in [5.74, 6) is -11.3. The van der Waals surface area contributed by atoms with Gasteiger partial charge in [-0.2, -0.15) is 8.78 Å². The molecule has 0 saturated heterocycles. The van der Waals surface area contributed by atoms with Crippen molar-refractivity contribution in [1.82, 2.24) is 5.32 Å². The second kappa shape index (κ2) is 7.06. The SMILES string of the molecule is CC(C)(C)NCCCCOc1c(F)c(F)c(F)c(F)c1F. The first-order valence-electron chi connectivity index (χ1n) is 6.54. The van der Waals surface area contributed by atoms with Gasteiger partial charge in [-0.25, -0.2) is 13.2 Å². The number of nitrogens with one attached hydrogen (secondary N) is 1. The molecule has 0 unspecified atom stereocenters. The third-order valence-electron chi connectivity index (χ3n) is 2.64. The van der Waals surface area contributed by atoms with E-state index in [-0.39, 0.29) is 12.1 Å². The van der Waals surface area contributed by atoms with Crippen molar-refractivity contribution < 1.29 is 26.7 Å². The molecule has 0 aliphatic carbocycles. The van der Waals surface area contributed by atoms with Gasteiger partial charge in [-0.1, -0.05) is 0 Å². The van der Waals surface area contributed by atoms with Gasteiger partial charge in [0.25, 0.3) is 0 Å². The minimum Gasteiger partial charge on any atom is -0.487 e. The van der Waals surface area contributed by atoms with E-state index >= 15 is 0 Å². The van der Waals surface area contributed by atoms with Gasteiger partial charge in [0.2, 0.25) is 29.1 Å². The van der Waals surface area contributed by atoms with Gasteiger partial charge in [0.15, 0.2) is 5.75 Å². The molecule has 0 saturated carbocycles. The summed E-state index contributed by atoms with van der Waals surface area (Å²) in [6.45, 7) is 6.48. The molecular formula is C14H18F5NO. The fourth-order valence-corrected chi connectivity index (χ4v) is 1.58. The lowest BCUT2D eigenvalue weighted by Gasteiger charge is -2.20. The predicted octanol–water partition coefficient (Wildman–Crippen LogP) is 3.93. The van der Waals surface area contributed by atoms with Gasteiger partial charge in [0.05, 0.1) is 6.61 Å². The highest BCUT2D eigenvalue weighted by Crippen LogP contribution is 2.29. The van der Waals surface area contributed by atoms with E-state index in [1.165, 1.54) is 0 Å². The van der Waals surface area contributed by atoms with E-state index in [4.69, 9.17) is 4.74 Å². The van der Waals surface area contributed by atoms with Gasteiger partial charge in [-0.15, -0.1) is 0 Å². The van der Waals surface area contributed by atoms with Gasteiger partial charge in [0.1, 0.15) is 0 Å². The molecule has 1 rings (SSSR count). The first-order valence-corrected chi connectivity index (χ1v) is 6.54. The molecule has 1 aromatic rings. The Kier molecular flexibility index (Phi) is 5.95. The quantitative estimate of drug-likeness (QED) is 0.372. The number of benzene rings is 1. The second-order valence-electron chi connectivity index (χ2n) is 5.63. The van der Waals surface area contributed by atoms with Gasteiger partial charge >= 0.3 is 0 Å². The minimum atomic E-state index is -2.19. The number of unbranched alkanes of at least 4 members (excludes halogenated alkanes) is 1. The molecule has 0 heterocycles. The molecule has 1 N–H and O–H groups in total. The standard InChI is InChI=1S/C14H18F5NO/c1-14(2,3)20-6-4-5-7-21-13-11(18)9(16)8(15)10(17)12(13)19/h20H,4-7H2,1-3H3. The van der Waals surface area contributed by atoms with Crippen LogP contribution in [0.15, 0.2) is 0 Å². The van der Waals surface area contributed by atoms with Crippen LogP contribution in [0.4, 0.5) is 22.0 Å². The normalized spacial score (nSPS) is 11.8. The average Bonchev–Trinajstić information content (AvgIpc) is 2.40. The third-order valence-corrected chi connectivity index (χ3v) is 2.64. The first-order chi connectivity index (χ1) is 9.65. The van der Waals surface area contributed by atoms with E-state index in [1.807, 2.05) is 20.8 Å². The van der Waals surface area contributed by atoms with E-state index in [9.17, 15) is 22.0 Å². The molecule has 0 radical (unpaired) electrons. The van der Waals surface area contributed by atoms with Crippen molar-refractivity contribution in [2.75, 3.05) is 13.2 Å². The van der Waals surface area contributed by atoms with Crippen LogP contribution in [0.3, 0.4) is 0 Å². The smallest absolute Gasteiger partial charge is 0.206 e. The highest BCUT2D eigenvalue weighted by atomic mass is 19.2. The molecule has 120 valence electrons. The summed E-state index contributed by atoms with van der Waals surface area (Å²) < 4.78 is 69.9. The summed E-state index contributed by atoms with van der Waals surface area (Å²) in [5, 5.41) is 3.20. The topological polar surface area (TPSA) is 21.3 Å². The van der Waals surface area contributed by atoms with Gasteiger partial charge in [-0.05, 0) is 40.2 Å². The van der Waals surface area contributed by atoms with Crippen molar-refractivity contribution in [3.63, 3.8) is 0 Å². The van der Waals surface area contributed by atoms with Crippen molar-refractivity contribution >= 4 is 0 Å². The molecule has 0 aromatic heterocycles. The minimum absolute atomic E-state index is 0.0533. The van der Waals surface area contributed by atoms with Crippen LogP contribution in [0.25, 0.3) is 0 Å². The van der Waals surface area contributed by atoms with Crippen LogP contribution in [0.5, 0.6) is 5.75 Å². The summed E-state index contributed by atoms with van der Waals surface area (Å²) in [7, 11) is 0. The van der Waals surface area contributed by atoms with Crippen LogP contribution in [0, 0.1) is 29.1 Å². The zero-order valence-electron chi connectivity index (χ0n) is 12.1. The monoisotopic (exact) mass is 311 g/mol. The molecule has 1 aromatic carbocycles. The lowest BCUT2D eigenvalue weighted by Crippen LogP contribution is -2.36. The summed E-state index contributed by atoms with van der Waals surface area (Å²) >= 11 is 0. The summed E-state index contributed by atoms with van der Waals surface area (Å²) in [6, 6.07) is 0. The Bertz CT molecular complexity index is 470. The molecule has 0 amide bonds. The van der Waals surface area contributed by atoms with Crippen LogP contribution in [0.2, 0.25) is 0 Å². The Labute approximate surface area is 120 Å². The molecule has 0 fully saturated rings. The fourth-order valence-electron chi connectivity index (χ4n) is 1.58. The molecule has 7 heteroatoms. The number of rotatable bonds is 6. The van der Waals surface area contributed by atoms with Crippen molar-refractivity contribution in [1.29, 1.82) is 0 Å². The van der Waals surface area contributed by atoms with E-state index in [1.54, 1.807) is 0 Å². The maximum absolute atomic E-state index is 13.3. The lowest BCUT2D eigenvalue weighted by atomic mass is 10.1. The van der Waals surface area contributed by atoms with Crippen molar-refractivity contribution in [2.24, 2.45) is 0 Å². The van der Waals surface area contributed by atoms with Crippen LogP contribution in [0.1, 0.15) is 33.6 Å². The maximum atomic E-state index is 13.3.